The van der Waals surface area contributed by atoms with Gasteiger partial charge in [0.1, 0.15) is 5.75 Å². The summed E-state index contributed by atoms with van der Waals surface area (Å²) in [5, 5.41) is 16.6. The number of hydrazone groups is 1. The molecule has 1 amide bonds. The third-order valence-electron chi connectivity index (χ3n) is 3.67. The van der Waals surface area contributed by atoms with Crippen molar-refractivity contribution in [2.75, 3.05) is 6.61 Å². The Labute approximate surface area is 162 Å². The van der Waals surface area contributed by atoms with Crippen molar-refractivity contribution in [2.24, 2.45) is 5.10 Å². The molecule has 0 saturated carbocycles. The van der Waals surface area contributed by atoms with Crippen LogP contribution in [0.3, 0.4) is 0 Å². The number of ether oxygens (including phenoxy) is 1. The fourth-order valence-corrected chi connectivity index (χ4v) is 3.01. The van der Waals surface area contributed by atoms with Crippen LogP contribution in [-0.2, 0) is 4.79 Å². The number of amides is 1. The third-order valence-corrected chi connectivity index (χ3v) is 4.49. The highest BCUT2D eigenvalue weighted by Gasteiger charge is 2.08. The maximum absolute atomic E-state index is 11.9. The lowest BCUT2D eigenvalue weighted by Gasteiger charge is -2.09. The van der Waals surface area contributed by atoms with E-state index in [9.17, 15) is 14.9 Å². The van der Waals surface area contributed by atoms with Crippen molar-refractivity contribution in [1.29, 1.82) is 0 Å². The van der Waals surface area contributed by atoms with Gasteiger partial charge in [-0.3, -0.25) is 14.9 Å². The molecular formula is C19H14BrN3O4. The fraction of sp³-hybridized carbons (Fsp3) is 0.0526. The third kappa shape index (κ3) is 4.68. The molecule has 0 bridgehead atoms. The quantitative estimate of drug-likeness (QED) is 0.364. The zero-order chi connectivity index (χ0) is 19.2. The summed E-state index contributed by atoms with van der Waals surface area (Å²) in [7, 11) is 0. The van der Waals surface area contributed by atoms with E-state index < -0.39 is 10.8 Å². The molecule has 1 N–H and O–H groups in total. The van der Waals surface area contributed by atoms with Crippen molar-refractivity contribution in [3.8, 4) is 5.75 Å². The van der Waals surface area contributed by atoms with Gasteiger partial charge < -0.3 is 4.74 Å². The second kappa shape index (κ2) is 8.41. The van der Waals surface area contributed by atoms with Gasteiger partial charge in [-0.2, -0.15) is 5.10 Å². The summed E-state index contributed by atoms with van der Waals surface area (Å²) in [6.07, 6.45) is 1.33. The standard InChI is InChI=1S/C19H14BrN3O4/c20-19-16-7-2-1-5-14(16)8-9-17(19)27-12-18(24)22-21-11-13-4-3-6-15(10-13)23(25)26/h1-11H,12H2,(H,22,24). The highest BCUT2D eigenvalue weighted by atomic mass is 79.9. The van der Waals surface area contributed by atoms with E-state index in [0.717, 1.165) is 15.2 Å². The van der Waals surface area contributed by atoms with Crippen LogP contribution in [0.1, 0.15) is 5.56 Å². The van der Waals surface area contributed by atoms with E-state index in [1.807, 2.05) is 30.3 Å². The van der Waals surface area contributed by atoms with Crippen LogP contribution in [0.4, 0.5) is 5.69 Å². The molecule has 0 saturated heterocycles. The number of carbonyl (C=O) groups is 1. The number of nitro groups is 1. The van der Waals surface area contributed by atoms with Crippen molar-refractivity contribution in [1.82, 2.24) is 5.43 Å². The topological polar surface area (TPSA) is 93.8 Å². The van der Waals surface area contributed by atoms with Crippen LogP contribution in [0, 0.1) is 10.1 Å². The minimum atomic E-state index is -0.495. The van der Waals surface area contributed by atoms with E-state index in [-0.39, 0.29) is 12.3 Å². The molecule has 0 spiro atoms. The molecule has 0 fully saturated rings. The summed E-state index contributed by atoms with van der Waals surface area (Å²) in [5.74, 6) is 0.100. The first-order valence-electron chi connectivity index (χ1n) is 7.91. The minimum absolute atomic E-state index is 0.0465. The van der Waals surface area contributed by atoms with Crippen LogP contribution in [0.5, 0.6) is 5.75 Å². The van der Waals surface area contributed by atoms with Crippen molar-refractivity contribution in [3.63, 3.8) is 0 Å². The SMILES string of the molecule is O=C(COc1ccc2ccccc2c1Br)NN=Cc1cccc([N+](=O)[O-])c1. The van der Waals surface area contributed by atoms with E-state index >= 15 is 0 Å². The van der Waals surface area contributed by atoms with E-state index in [1.54, 1.807) is 18.2 Å². The number of nitro benzene ring substituents is 1. The minimum Gasteiger partial charge on any atom is -0.483 e. The second-order valence-electron chi connectivity index (χ2n) is 5.53. The molecule has 0 aliphatic heterocycles. The van der Waals surface area contributed by atoms with Gasteiger partial charge in [0.25, 0.3) is 11.6 Å². The van der Waals surface area contributed by atoms with Crippen molar-refractivity contribution >= 4 is 44.5 Å². The first kappa shape index (κ1) is 18.5. The Morgan fingerprint density at radius 2 is 2.00 bits per heavy atom. The van der Waals surface area contributed by atoms with E-state index in [2.05, 4.69) is 26.5 Å². The Hall–Kier alpha value is -3.26. The molecule has 0 aliphatic rings. The Morgan fingerprint density at radius 3 is 2.81 bits per heavy atom. The second-order valence-corrected chi connectivity index (χ2v) is 6.33. The van der Waals surface area contributed by atoms with Gasteiger partial charge >= 0.3 is 0 Å². The molecule has 3 aromatic rings. The van der Waals surface area contributed by atoms with Gasteiger partial charge in [0.2, 0.25) is 0 Å². The summed E-state index contributed by atoms with van der Waals surface area (Å²) in [6.45, 7) is -0.219. The molecule has 136 valence electrons. The maximum atomic E-state index is 11.9. The Morgan fingerprint density at radius 1 is 1.19 bits per heavy atom. The largest absolute Gasteiger partial charge is 0.483 e. The van der Waals surface area contributed by atoms with E-state index in [1.165, 1.54) is 18.3 Å². The highest BCUT2D eigenvalue weighted by molar-refractivity contribution is 9.10. The van der Waals surface area contributed by atoms with E-state index in [4.69, 9.17) is 4.74 Å². The van der Waals surface area contributed by atoms with Crippen LogP contribution in [-0.4, -0.2) is 23.7 Å². The number of carbonyl (C=O) groups excluding carboxylic acids is 1. The van der Waals surface area contributed by atoms with Crippen molar-refractivity contribution in [2.45, 2.75) is 0 Å². The molecule has 7 nitrogen and oxygen atoms in total. The maximum Gasteiger partial charge on any atom is 0.277 e. The lowest BCUT2D eigenvalue weighted by atomic mass is 10.1. The fourth-order valence-electron chi connectivity index (χ4n) is 2.40. The number of hydrogen-bond acceptors (Lipinski definition) is 5. The van der Waals surface area contributed by atoms with Crippen LogP contribution >= 0.6 is 15.9 Å². The number of halogens is 1. The number of nitrogens with zero attached hydrogens (tertiary/aromatic N) is 2. The number of rotatable bonds is 6. The summed E-state index contributed by atoms with van der Waals surface area (Å²) in [5.41, 5.74) is 2.78. The zero-order valence-corrected chi connectivity index (χ0v) is 15.5. The van der Waals surface area contributed by atoms with Crippen molar-refractivity contribution < 1.29 is 14.5 Å². The number of hydrogen-bond donors (Lipinski definition) is 1. The summed E-state index contributed by atoms with van der Waals surface area (Å²) >= 11 is 3.49. The summed E-state index contributed by atoms with van der Waals surface area (Å²) < 4.78 is 6.31. The predicted octanol–water partition coefficient (Wildman–Crippen LogP) is 4.04. The van der Waals surface area contributed by atoms with Gasteiger partial charge in [-0.25, -0.2) is 5.43 Å². The van der Waals surface area contributed by atoms with Crippen LogP contribution < -0.4 is 10.2 Å². The summed E-state index contributed by atoms with van der Waals surface area (Å²) in [6, 6.07) is 17.4. The van der Waals surface area contributed by atoms with Crippen LogP contribution in [0.2, 0.25) is 0 Å². The van der Waals surface area contributed by atoms with Gasteiger partial charge in [0, 0.05) is 17.7 Å². The lowest BCUT2D eigenvalue weighted by Crippen LogP contribution is -2.24. The molecule has 0 radical (unpaired) electrons. The molecule has 0 unspecified atom stereocenters. The smallest absolute Gasteiger partial charge is 0.277 e. The average Bonchev–Trinajstić information content (AvgIpc) is 2.68. The predicted molar refractivity (Wildman–Crippen MR) is 106 cm³/mol. The Balaban J connectivity index is 1.58. The van der Waals surface area contributed by atoms with Gasteiger partial charge in [-0.15, -0.1) is 0 Å². The first-order valence-corrected chi connectivity index (χ1v) is 8.70. The average molecular weight is 428 g/mol. The monoisotopic (exact) mass is 427 g/mol. The normalized spacial score (nSPS) is 10.9. The number of benzene rings is 3. The van der Waals surface area contributed by atoms with Crippen LogP contribution in [0.25, 0.3) is 10.8 Å². The van der Waals surface area contributed by atoms with Gasteiger partial charge in [-0.05, 0) is 32.8 Å². The molecular weight excluding hydrogens is 414 g/mol. The number of nitrogens with one attached hydrogen (secondary N) is 1. The molecule has 0 aliphatic carbocycles. The Bertz CT molecular complexity index is 1040. The first-order chi connectivity index (χ1) is 13.0. The Kier molecular flexibility index (Phi) is 5.77. The van der Waals surface area contributed by atoms with Gasteiger partial charge in [0.05, 0.1) is 15.6 Å². The molecule has 8 heteroatoms. The molecule has 27 heavy (non-hydrogen) atoms. The molecule has 0 heterocycles. The van der Waals surface area contributed by atoms with Gasteiger partial charge in [-0.1, -0.05) is 42.5 Å². The highest BCUT2D eigenvalue weighted by Crippen LogP contribution is 2.32. The zero-order valence-electron chi connectivity index (χ0n) is 14.0. The molecule has 0 atom stereocenters. The summed E-state index contributed by atoms with van der Waals surface area (Å²) in [4.78, 5) is 22.1. The van der Waals surface area contributed by atoms with Crippen molar-refractivity contribution in [3.05, 3.63) is 80.8 Å². The number of non-ortho nitro benzene ring substituents is 1. The molecule has 0 aromatic heterocycles. The lowest BCUT2D eigenvalue weighted by molar-refractivity contribution is -0.384. The van der Waals surface area contributed by atoms with E-state index in [0.29, 0.717) is 11.3 Å². The van der Waals surface area contributed by atoms with Gasteiger partial charge in [0.15, 0.2) is 6.61 Å². The molecule has 3 rings (SSSR count). The number of fused-ring (bicyclic) bond motifs is 1. The molecule has 3 aromatic carbocycles. The van der Waals surface area contributed by atoms with Crippen LogP contribution in [0.15, 0.2) is 70.2 Å².